The van der Waals surface area contributed by atoms with E-state index in [9.17, 15) is 18.0 Å². The predicted molar refractivity (Wildman–Crippen MR) is 77.3 cm³/mol. The third-order valence-corrected chi connectivity index (χ3v) is 3.67. The second kappa shape index (κ2) is 7.49. The first-order valence-electron chi connectivity index (χ1n) is 7.09. The average Bonchev–Trinajstić information content (AvgIpc) is 2.45. The van der Waals surface area contributed by atoms with Crippen LogP contribution in [0.2, 0.25) is 0 Å². The molecular formula is C15H21F3N2O2. The molecule has 124 valence electrons. The molecule has 0 fully saturated rings. The largest absolute Gasteiger partial charge is 0.573 e. The molecular weight excluding hydrogens is 297 g/mol. The number of carbonyl (C=O) groups is 1. The Morgan fingerprint density at radius 2 is 1.73 bits per heavy atom. The van der Waals surface area contributed by atoms with Crippen molar-refractivity contribution in [1.29, 1.82) is 0 Å². The van der Waals surface area contributed by atoms with Crippen LogP contribution in [-0.4, -0.2) is 24.4 Å². The van der Waals surface area contributed by atoms with Crippen LogP contribution in [0.5, 0.6) is 5.75 Å². The summed E-state index contributed by atoms with van der Waals surface area (Å²) in [5.41, 5.74) is 5.88. The molecule has 0 saturated carbocycles. The van der Waals surface area contributed by atoms with E-state index in [1.807, 2.05) is 13.8 Å². The Labute approximate surface area is 127 Å². The Hall–Kier alpha value is -1.76. The lowest BCUT2D eigenvalue weighted by atomic mass is 9.92. The van der Waals surface area contributed by atoms with Crippen LogP contribution in [0.15, 0.2) is 24.3 Å². The van der Waals surface area contributed by atoms with Crippen molar-refractivity contribution >= 4 is 5.91 Å². The number of carbonyl (C=O) groups excluding carboxylic acids is 1. The van der Waals surface area contributed by atoms with Gasteiger partial charge in [-0.3, -0.25) is 4.79 Å². The molecule has 0 aliphatic heterocycles. The maximum atomic E-state index is 12.1. The van der Waals surface area contributed by atoms with Gasteiger partial charge in [-0.1, -0.05) is 26.0 Å². The standard InChI is InChI=1S/C15H21F3N2O2/c1-3-14(4-2,10-19)20-13(21)9-11-5-7-12(8-6-11)22-15(16,17)18/h5-8H,3-4,9-10,19H2,1-2H3,(H,20,21). The number of rotatable bonds is 7. The molecule has 0 atom stereocenters. The first-order chi connectivity index (χ1) is 10.2. The van der Waals surface area contributed by atoms with Gasteiger partial charge >= 0.3 is 6.36 Å². The molecule has 3 N–H and O–H groups in total. The first kappa shape index (κ1) is 18.3. The second-order valence-electron chi connectivity index (χ2n) is 5.11. The number of amides is 1. The summed E-state index contributed by atoms with van der Waals surface area (Å²) in [5.74, 6) is -0.520. The fraction of sp³-hybridized carbons (Fsp3) is 0.533. The molecule has 0 heterocycles. The zero-order valence-corrected chi connectivity index (χ0v) is 12.7. The third kappa shape index (κ3) is 5.55. The molecule has 22 heavy (non-hydrogen) atoms. The first-order valence-corrected chi connectivity index (χ1v) is 7.09. The lowest BCUT2D eigenvalue weighted by Crippen LogP contribution is -2.53. The van der Waals surface area contributed by atoms with Crippen LogP contribution in [0.25, 0.3) is 0 Å². The molecule has 0 aliphatic carbocycles. The Morgan fingerprint density at radius 3 is 2.14 bits per heavy atom. The molecule has 0 bridgehead atoms. The van der Waals surface area contributed by atoms with Gasteiger partial charge in [-0.05, 0) is 30.5 Å². The summed E-state index contributed by atoms with van der Waals surface area (Å²) in [6.45, 7) is 4.23. The maximum Gasteiger partial charge on any atom is 0.573 e. The fourth-order valence-corrected chi connectivity index (χ4v) is 2.10. The van der Waals surface area contributed by atoms with Crippen molar-refractivity contribution in [2.45, 2.75) is 45.0 Å². The van der Waals surface area contributed by atoms with Crippen molar-refractivity contribution in [3.63, 3.8) is 0 Å². The topological polar surface area (TPSA) is 64.3 Å². The summed E-state index contributed by atoms with van der Waals surface area (Å²) in [4.78, 5) is 12.0. The zero-order chi connectivity index (χ0) is 16.8. The zero-order valence-electron chi connectivity index (χ0n) is 12.7. The molecule has 1 amide bonds. The van der Waals surface area contributed by atoms with Gasteiger partial charge in [-0.15, -0.1) is 13.2 Å². The van der Waals surface area contributed by atoms with E-state index in [0.717, 1.165) is 0 Å². The van der Waals surface area contributed by atoms with E-state index in [4.69, 9.17) is 5.73 Å². The highest BCUT2D eigenvalue weighted by Gasteiger charge is 2.31. The minimum atomic E-state index is -4.72. The van der Waals surface area contributed by atoms with Crippen LogP contribution in [0, 0.1) is 0 Å². The van der Waals surface area contributed by atoms with Gasteiger partial charge in [0.05, 0.1) is 12.0 Å². The molecule has 0 aromatic heterocycles. The summed E-state index contributed by atoms with van der Waals surface area (Å²) < 4.78 is 39.9. The average molecular weight is 318 g/mol. The van der Waals surface area contributed by atoms with Crippen molar-refractivity contribution < 1.29 is 22.7 Å². The van der Waals surface area contributed by atoms with Gasteiger partial charge in [0.25, 0.3) is 0 Å². The fourth-order valence-electron chi connectivity index (χ4n) is 2.10. The quantitative estimate of drug-likeness (QED) is 0.812. The van der Waals surface area contributed by atoms with E-state index in [1.54, 1.807) is 0 Å². The van der Waals surface area contributed by atoms with E-state index < -0.39 is 11.9 Å². The number of hydrogen-bond donors (Lipinski definition) is 2. The van der Waals surface area contributed by atoms with E-state index >= 15 is 0 Å². The third-order valence-electron chi connectivity index (χ3n) is 3.67. The van der Waals surface area contributed by atoms with Gasteiger partial charge in [0.2, 0.25) is 5.91 Å². The molecule has 1 aromatic rings. The molecule has 0 aliphatic rings. The van der Waals surface area contributed by atoms with E-state index in [2.05, 4.69) is 10.1 Å². The number of alkyl halides is 3. The van der Waals surface area contributed by atoms with Gasteiger partial charge in [-0.2, -0.15) is 0 Å². The number of hydrogen-bond acceptors (Lipinski definition) is 3. The summed E-state index contributed by atoms with van der Waals surface area (Å²) in [5, 5.41) is 2.91. The van der Waals surface area contributed by atoms with Crippen LogP contribution >= 0.6 is 0 Å². The molecule has 1 rings (SSSR count). The van der Waals surface area contributed by atoms with Crippen molar-refractivity contribution in [3.8, 4) is 5.75 Å². The van der Waals surface area contributed by atoms with E-state index in [0.29, 0.717) is 24.9 Å². The highest BCUT2D eigenvalue weighted by molar-refractivity contribution is 5.79. The predicted octanol–water partition coefficient (Wildman–Crippen LogP) is 2.76. The number of benzene rings is 1. The highest BCUT2D eigenvalue weighted by Crippen LogP contribution is 2.23. The Bertz CT molecular complexity index is 474. The minimum Gasteiger partial charge on any atom is -0.406 e. The van der Waals surface area contributed by atoms with Gasteiger partial charge in [0.1, 0.15) is 5.75 Å². The van der Waals surface area contributed by atoms with Crippen LogP contribution in [0.4, 0.5) is 13.2 Å². The van der Waals surface area contributed by atoms with Crippen LogP contribution < -0.4 is 15.8 Å². The highest BCUT2D eigenvalue weighted by atomic mass is 19.4. The normalized spacial score (nSPS) is 12.1. The summed E-state index contributed by atoms with van der Waals surface area (Å²) in [7, 11) is 0. The summed E-state index contributed by atoms with van der Waals surface area (Å²) in [6, 6.07) is 5.24. The number of nitrogens with one attached hydrogen (secondary N) is 1. The number of halogens is 3. The molecule has 0 radical (unpaired) electrons. The van der Waals surface area contributed by atoms with Crippen molar-refractivity contribution in [2.24, 2.45) is 5.73 Å². The van der Waals surface area contributed by atoms with E-state index in [-0.39, 0.29) is 18.1 Å². The summed E-state index contributed by atoms with van der Waals surface area (Å²) >= 11 is 0. The monoisotopic (exact) mass is 318 g/mol. The van der Waals surface area contributed by atoms with Crippen molar-refractivity contribution in [3.05, 3.63) is 29.8 Å². The van der Waals surface area contributed by atoms with Gasteiger partial charge in [0.15, 0.2) is 0 Å². The molecule has 7 heteroatoms. The van der Waals surface area contributed by atoms with Gasteiger partial charge < -0.3 is 15.8 Å². The maximum absolute atomic E-state index is 12.1. The lowest BCUT2D eigenvalue weighted by molar-refractivity contribution is -0.274. The second-order valence-corrected chi connectivity index (χ2v) is 5.11. The number of nitrogens with two attached hydrogens (primary N) is 1. The van der Waals surface area contributed by atoms with Crippen molar-refractivity contribution in [2.75, 3.05) is 6.54 Å². The molecule has 0 unspecified atom stereocenters. The Balaban J connectivity index is 2.65. The van der Waals surface area contributed by atoms with Crippen LogP contribution in [-0.2, 0) is 11.2 Å². The molecule has 0 spiro atoms. The summed E-state index contributed by atoms with van der Waals surface area (Å²) in [6.07, 6.45) is -3.22. The Kier molecular flexibility index (Phi) is 6.22. The SMILES string of the molecule is CCC(CC)(CN)NC(=O)Cc1ccc(OC(F)(F)F)cc1. The Morgan fingerprint density at radius 1 is 1.18 bits per heavy atom. The number of ether oxygens (including phenoxy) is 1. The minimum absolute atomic E-state index is 0.0774. The molecule has 1 aromatic carbocycles. The van der Waals surface area contributed by atoms with Gasteiger partial charge in [-0.25, -0.2) is 0 Å². The van der Waals surface area contributed by atoms with Crippen LogP contribution in [0.3, 0.4) is 0 Å². The smallest absolute Gasteiger partial charge is 0.406 e. The van der Waals surface area contributed by atoms with E-state index in [1.165, 1.54) is 24.3 Å². The van der Waals surface area contributed by atoms with Crippen molar-refractivity contribution in [1.82, 2.24) is 5.32 Å². The molecule has 0 saturated heterocycles. The lowest BCUT2D eigenvalue weighted by Gasteiger charge is -2.31. The van der Waals surface area contributed by atoms with Gasteiger partial charge in [0, 0.05) is 6.54 Å². The molecule has 4 nitrogen and oxygen atoms in total. The van der Waals surface area contributed by atoms with Crippen LogP contribution in [0.1, 0.15) is 32.3 Å².